The van der Waals surface area contributed by atoms with E-state index < -0.39 is 18.6 Å². The minimum absolute atomic E-state index is 0.0623. The zero-order valence-electron chi connectivity index (χ0n) is 19.6. The van der Waals surface area contributed by atoms with Gasteiger partial charge in [0.05, 0.1) is 51.0 Å². The fraction of sp³-hybridized carbons (Fsp3) is 0.478. The third-order valence-corrected chi connectivity index (χ3v) is 6.86. The predicted molar refractivity (Wildman–Crippen MR) is 125 cm³/mol. The van der Waals surface area contributed by atoms with E-state index in [-0.39, 0.29) is 37.4 Å². The molecule has 13 heteroatoms. The van der Waals surface area contributed by atoms with Crippen molar-refractivity contribution in [1.82, 2.24) is 34.5 Å². The highest BCUT2D eigenvalue weighted by atomic mass is 19.3. The van der Waals surface area contributed by atoms with Crippen molar-refractivity contribution in [3.63, 3.8) is 0 Å². The molecule has 0 spiro atoms. The molecule has 2 saturated heterocycles. The van der Waals surface area contributed by atoms with Crippen molar-refractivity contribution in [2.75, 3.05) is 45.4 Å². The standard InChI is InChI=1S/C23H25F3N8O2/c1-35-21-20-16(14-2-3-17-18(10-14)33(9-6-24)31-29-17)4-8-34(20)30-22(28-21)27-19-5-7-32(13-23(19,25)26)15-11-36-12-15/h2-4,8,10,15,19H,5-7,9,11-13H2,1H3,(H,27,30). The number of alkyl halides is 3. The van der Waals surface area contributed by atoms with Gasteiger partial charge in [-0.3, -0.25) is 4.90 Å². The number of fused-ring (bicyclic) bond motifs is 2. The van der Waals surface area contributed by atoms with Crippen LogP contribution in [0.2, 0.25) is 0 Å². The average Bonchev–Trinajstić information content (AvgIpc) is 3.43. The zero-order chi connectivity index (χ0) is 24.9. The van der Waals surface area contributed by atoms with Crippen LogP contribution < -0.4 is 10.1 Å². The molecule has 10 nitrogen and oxygen atoms in total. The number of nitrogens with one attached hydrogen (secondary N) is 1. The van der Waals surface area contributed by atoms with Crippen molar-refractivity contribution >= 4 is 22.5 Å². The average molecular weight is 503 g/mol. The first-order chi connectivity index (χ1) is 17.5. The third-order valence-electron chi connectivity index (χ3n) is 6.86. The van der Waals surface area contributed by atoms with Crippen LogP contribution in [0.3, 0.4) is 0 Å². The molecule has 0 saturated carbocycles. The van der Waals surface area contributed by atoms with Gasteiger partial charge in [0, 0.05) is 18.3 Å². The maximum absolute atomic E-state index is 15.0. The number of methoxy groups -OCH3 is 1. The number of ether oxygens (including phenoxy) is 2. The minimum atomic E-state index is -2.95. The molecule has 1 N–H and O–H groups in total. The predicted octanol–water partition coefficient (Wildman–Crippen LogP) is 2.64. The summed E-state index contributed by atoms with van der Waals surface area (Å²) in [6.07, 6.45) is 1.98. The van der Waals surface area contributed by atoms with E-state index in [9.17, 15) is 13.2 Å². The lowest BCUT2D eigenvalue weighted by Crippen LogP contribution is -2.61. The highest BCUT2D eigenvalue weighted by molar-refractivity contribution is 5.89. The Bertz CT molecular complexity index is 1400. The molecule has 0 aliphatic carbocycles. The van der Waals surface area contributed by atoms with Gasteiger partial charge in [0.25, 0.3) is 5.92 Å². The van der Waals surface area contributed by atoms with Crippen molar-refractivity contribution in [1.29, 1.82) is 0 Å². The molecule has 2 fully saturated rings. The second kappa shape index (κ2) is 8.89. The lowest BCUT2D eigenvalue weighted by atomic mass is 9.98. The molecular formula is C23H25F3N8O2. The molecule has 2 aliphatic rings. The molecule has 190 valence electrons. The lowest BCUT2D eigenvalue weighted by molar-refractivity contribution is -0.131. The topological polar surface area (TPSA) is 94.6 Å². The first kappa shape index (κ1) is 23.0. The molecule has 2 aliphatic heterocycles. The second-order valence-corrected chi connectivity index (χ2v) is 9.08. The van der Waals surface area contributed by atoms with Crippen molar-refractivity contribution in [3.8, 4) is 17.0 Å². The van der Waals surface area contributed by atoms with E-state index in [4.69, 9.17) is 9.47 Å². The molecule has 36 heavy (non-hydrogen) atoms. The van der Waals surface area contributed by atoms with Gasteiger partial charge in [0.1, 0.15) is 17.7 Å². The number of hydrogen-bond donors (Lipinski definition) is 1. The second-order valence-electron chi connectivity index (χ2n) is 9.08. The number of likely N-dealkylation sites (tertiary alicyclic amines) is 1. The van der Waals surface area contributed by atoms with Crippen LogP contribution >= 0.6 is 0 Å². The summed E-state index contributed by atoms with van der Waals surface area (Å²) in [5.74, 6) is -2.64. The number of aryl methyl sites for hydroxylation is 1. The van der Waals surface area contributed by atoms with Gasteiger partial charge in [-0.2, -0.15) is 4.98 Å². The summed E-state index contributed by atoms with van der Waals surface area (Å²) in [5, 5.41) is 15.3. The Morgan fingerprint density at radius 3 is 2.83 bits per heavy atom. The summed E-state index contributed by atoms with van der Waals surface area (Å²) in [6.45, 7) is 0.774. The van der Waals surface area contributed by atoms with Crippen molar-refractivity contribution in [2.24, 2.45) is 0 Å². The Hall–Kier alpha value is -3.45. The van der Waals surface area contributed by atoms with Crippen LogP contribution in [-0.2, 0) is 11.3 Å². The normalized spacial score (nSPS) is 20.6. The molecule has 6 rings (SSSR count). The molecule has 1 aromatic carbocycles. The van der Waals surface area contributed by atoms with Crippen LogP contribution in [0.25, 0.3) is 27.7 Å². The number of rotatable bonds is 7. The van der Waals surface area contributed by atoms with E-state index in [1.165, 1.54) is 11.8 Å². The van der Waals surface area contributed by atoms with Crippen LogP contribution in [-0.4, -0.2) is 92.6 Å². The van der Waals surface area contributed by atoms with E-state index >= 15 is 0 Å². The van der Waals surface area contributed by atoms with E-state index in [2.05, 4.69) is 25.7 Å². The maximum atomic E-state index is 15.0. The fourth-order valence-corrected chi connectivity index (χ4v) is 4.85. The monoisotopic (exact) mass is 502 g/mol. The van der Waals surface area contributed by atoms with Gasteiger partial charge >= 0.3 is 0 Å². The number of benzene rings is 1. The molecule has 5 heterocycles. The molecule has 1 atom stereocenters. The van der Waals surface area contributed by atoms with Crippen LogP contribution in [0.15, 0.2) is 30.5 Å². The van der Waals surface area contributed by atoms with E-state index in [1.54, 1.807) is 15.6 Å². The van der Waals surface area contributed by atoms with Gasteiger partial charge in [-0.25, -0.2) is 22.4 Å². The SMILES string of the molecule is COc1nc(NC2CCN(C3COC3)CC2(F)F)nn2ccc(-c3ccc4nnn(CCF)c4c3)c12. The molecule has 3 aromatic heterocycles. The Morgan fingerprint density at radius 1 is 1.25 bits per heavy atom. The summed E-state index contributed by atoms with van der Waals surface area (Å²) < 4.78 is 56.6. The highest BCUT2D eigenvalue weighted by Crippen LogP contribution is 2.35. The first-order valence-electron chi connectivity index (χ1n) is 11.8. The lowest BCUT2D eigenvalue weighted by Gasteiger charge is -2.44. The Balaban J connectivity index is 1.30. The summed E-state index contributed by atoms with van der Waals surface area (Å²) in [4.78, 5) is 6.19. The van der Waals surface area contributed by atoms with Crippen LogP contribution in [0.4, 0.5) is 19.1 Å². The van der Waals surface area contributed by atoms with E-state index in [0.29, 0.717) is 36.3 Å². The Kier molecular flexibility index (Phi) is 5.67. The summed E-state index contributed by atoms with van der Waals surface area (Å²) in [6, 6.07) is 6.36. The number of halogens is 3. The quantitative estimate of drug-likeness (QED) is 0.412. The van der Waals surface area contributed by atoms with Gasteiger partial charge in [0.2, 0.25) is 11.8 Å². The molecule has 4 aromatic rings. The van der Waals surface area contributed by atoms with Gasteiger partial charge in [-0.15, -0.1) is 10.2 Å². The first-order valence-corrected chi connectivity index (χ1v) is 11.8. The van der Waals surface area contributed by atoms with Crippen LogP contribution in [0.5, 0.6) is 5.88 Å². The third kappa shape index (κ3) is 3.91. The van der Waals surface area contributed by atoms with Crippen LogP contribution in [0.1, 0.15) is 6.42 Å². The number of hydrogen-bond acceptors (Lipinski definition) is 8. The van der Waals surface area contributed by atoms with E-state index in [1.807, 2.05) is 24.3 Å². The number of anilines is 1. The number of aromatic nitrogens is 6. The maximum Gasteiger partial charge on any atom is 0.280 e. The van der Waals surface area contributed by atoms with Gasteiger partial charge in [-0.05, 0) is 30.2 Å². The van der Waals surface area contributed by atoms with Crippen molar-refractivity contribution < 1.29 is 22.6 Å². The van der Waals surface area contributed by atoms with Gasteiger partial charge in [-0.1, -0.05) is 11.3 Å². The molecule has 0 radical (unpaired) electrons. The van der Waals surface area contributed by atoms with Crippen molar-refractivity contribution in [2.45, 2.75) is 31.0 Å². The van der Waals surface area contributed by atoms with Gasteiger partial charge < -0.3 is 14.8 Å². The number of nitrogens with zero attached hydrogens (tertiary/aromatic N) is 7. The summed E-state index contributed by atoms with van der Waals surface area (Å²) in [5.41, 5.74) is 3.52. The zero-order valence-corrected chi connectivity index (χ0v) is 19.6. The van der Waals surface area contributed by atoms with Crippen molar-refractivity contribution in [3.05, 3.63) is 30.5 Å². The summed E-state index contributed by atoms with van der Waals surface area (Å²) >= 11 is 0. The fourth-order valence-electron chi connectivity index (χ4n) is 4.85. The summed E-state index contributed by atoms with van der Waals surface area (Å²) in [7, 11) is 1.47. The van der Waals surface area contributed by atoms with E-state index in [0.717, 1.165) is 11.1 Å². The molecule has 0 amide bonds. The molecule has 0 bridgehead atoms. The Morgan fingerprint density at radius 2 is 2.11 bits per heavy atom. The number of piperidine rings is 1. The van der Waals surface area contributed by atoms with Gasteiger partial charge in [0.15, 0.2) is 0 Å². The smallest absolute Gasteiger partial charge is 0.280 e. The minimum Gasteiger partial charge on any atom is -0.479 e. The Labute approximate surface area is 204 Å². The van der Waals surface area contributed by atoms with Crippen LogP contribution in [0, 0.1) is 0 Å². The molecule has 1 unspecified atom stereocenters. The largest absolute Gasteiger partial charge is 0.479 e. The highest BCUT2D eigenvalue weighted by Gasteiger charge is 2.47. The molecular weight excluding hydrogens is 477 g/mol.